The molecule has 1 saturated heterocycles. The first-order chi connectivity index (χ1) is 21.9. The van der Waals surface area contributed by atoms with Gasteiger partial charge in [-0.15, -0.1) is 0 Å². The van der Waals surface area contributed by atoms with E-state index in [4.69, 9.17) is 32.3 Å². The number of hydrogen-bond donors (Lipinski definition) is 2. The number of piperidine rings is 1. The number of carbonyl (C=O) groups is 1. The molecule has 232 valence electrons. The van der Waals surface area contributed by atoms with Crippen LogP contribution in [0.1, 0.15) is 56.0 Å². The SMILES string of the molecule is [2H]C([2H])([2H])n1nc(C2[C@H]3CN(c4nc5c([C@@H](C)Nc6ccc(Cl)nc6C(=O)NS(C)(=O)=O)cc(C)cc5c(=O)n4C)C[C@@H]23)c(Cl)c1C. The summed E-state index contributed by atoms with van der Waals surface area (Å²) in [6, 6.07) is 6.18. The van der Waals surface area contributed by atoms with Crippen LogP contribution >= 0.6 is 23.2 Å². The molecule has 1 aromatic carbocycles. The van der Waals surface area contributed by atoms with Crippen molar-refractivity contribution < 1.29 is 17.3 Å². The molecule has 0 radical (unpaired) electrons. The van der Waals surface area contributed by atoms with Crippen LogP contribution < -0.4 is 20.5 Å². The first-order valence-corrected chi connectivity index (χ1v) is 16.5. The van der Waals surface area contributed by atoms with E-state index in [1.807, 2.05) is 29.5 Å². The van der Waals surface area contributed by atoms with E-state index in [1.165, 1.54) is 16.7 Å². The number of sulfonamides is 1. The predicted molar refractivity (Wildman–Crippen MR) is 170 cm³/mol. The van der Waals surface area contributed by atoms with E-state index in [-0.39, 0.29) is 39.8 Å². The van der Waals surface area contributed by atoms with Gasteiger partial charge in [0.1, 0.15) is 5.15 Å². The maximum atomic E-state index is 13.7. The van der Waals surface area contributed by atoms with Crippen molar-refractivity contribution in [1.29, 1.82) is 0 Å². The summed E-state index contributed by atoms with van der Waals surface area (Å²) in [5.41, 5.74) is 2.79. The van der Waals surface area contributed by atoms with Gasteiger partial charge in [0.05, 0.1) is 45.3 Å². The normalized spacial score (nSPS) is 21.4. The third kappa shape index (κ3) is 5.30. The van der Waals surface area contributed by atoms with Gasteiger partial charge in [0.25, 0.3) is 11.5 Å². The van der Waals surface area contributed by atoms with Crippen LogP contribution in [0.3, 0.4) is 0 Å². The Morgan fingerprint density at radius 2 is 1.86 bits per heavy atom. The molecule has 4 heterocycles. The average Bonchev–Trinajstić information content (AvgIpc) is 3.28. The summed E-state index contributed by atoms with van der Waals surface area (Å²) >= 11 is 12.6. The fourth-order valence-electron chi connectivity index (χ4n) is 6.22. The molecule has 6 rings (SSSR count). The van der Waals surface area contributed by atoms with Crippen LogP contribution in [-0.2, 0) is 24.0 Å². The van der Waals surface area contributed by atoms with Crippen LogP contribution in [-0.4, -0.2) is 58.0 Å². The first-order valence-electron chi connectivity index (χ1n) is 15.3. The zero-order chi connectivity index (χ0) is 34.3. The van der Waals surface area contributed by atoms with Crippen molar-refractivity contribution in [3.8, 4) is 0 Å². The van der Waals surface area contributed by atoms with Gasteiger partial charge in [-0.05, 0) is 56.4 Å². The Bertz CT molecular complexity index is 2120. The molecule has 4 aromatic rings. The van der Waals surface area contributed by atoms with Crippen LogP contribution in [0.5, 0.6) is 0 Å². The molecule has 2 N–H and O–H groups in total. The monoisotopic (exact) mass is 661 g/mol. The highest BCUT2D eigenvalue weighted by Gasteiger charge is 2.58. The zero-order valence-corrected chi connectivity index (χ0v) is 26.8. The van der Waals surface area contributed by atoms with Gasteiger partial charge in [0.2, 0.25) is 16.0 Å². The lowest BCUT2D eigenvalue weighted by atomic mass is 10.0. The number of nitrogens with one attached hydrogen (secondary N) is 2. The minimum Gasteiger partial charge on any atom is -0.377 e. The number of fused-ring (bicyclic) bond motifs is 2. The highest BCUT2D eigenvalue weighted by Crippen LogP contribution is 2.59. The van der Waals surface area contributed by atoms with Crippen molar-refractivity contribution in [2.75, 3.05) is 29.6 Å². The number of carbonyl (C=O) groups excluding carboxylic acids is 1. The molecular formula is C29H32Cl2N8O4S. The number of halogens is 2. The highest BCUT2D eigenvalue weighted by atomic mass is 35.5. The summed E-state index contributed by atoms with van der Waals surface area (Å²) in [4.78, 5) is 37.6. The van der Waals surface area contributed by atoms with E-state index < -0.39 is 28.9 Å². The highest BCUT2D eigenvalue weighted by molar-refractivity contribution is 7.89. The largest absolute Gasteiger partial charge is 0.377 e. The molecule has 44 heavy (non-hydrogen) atoms. The summed E-state index contributed by atoms with van der Waals surface area (Å²) < 4.78 is 51.2. The van der Waals surface area contributed by atoms with Crippen molar-refractivity contribution in [3.63, 3.8) is 0 Å². The maximum Gasteiger partial charge on any atom is 0.285 e. The molecule has 0 spiro atoms. The third-order valence-corrected chi connectivity index (χ3v) is 9.62. The molecule has 2 aliphatic rings. The van der Waals surface area contributed by atoms with Crippen molar-refractivity contribution in [2.24, 2.45) is 25.9 Å². The lowest BCUT2D eigenvalue weighted by molar-refractivity contribution is 0.0977. The van der Waals surface area contributed by atoms with Crippen molar-refractivity contribution in [3.05, 3.63) is 73.0 Å². The second kappa shape index (κ2) is 10.7. The van der Waals surface area contributed by atoms with Gasteiger partial charge in [-0.1, -0.05) is 29.3 Å². The molecule has 1 saturated carbocycles. The smallest absolute Gasteiger partial charge is 0.285 e. The Morgan fingerprint density at radius 1 is 1.16 bits per heavy atom. The minimum atomic E-state index is -3.86. The lowest BCUT2D eigenvalue weighted by Crippen LogP contribution is -2.32. The van der Waals surface area contributed by atoms with Crippen LogP contribution in [0.15, 0.2) is 29.1 Å². The van der Waals surface area contributed by atoms with Gasteiger partial charge in [-0.2, -0.15) is 5.10 Å². The van der Waals surface area contributed by atoms with Gasteiger partial charge in [0, 0.05) is 42.7 Å². The predicted octanol–water partition coefficient (Wildman–Crippen LogP) is 3.70. The van der Waals surface area contributed by atoms with Crippen LogP contribution in [0, 0.1) is 25.7 Å². The lowest BCUT2D eigenvalue weighted by Gasteiger charge is -2.25. The summed E-state index contributed by atoms with van der Waals surface area (Å²) in [5.74, 6) is -0.0936. The maximum absolute atomic E-state index is 13.7. The van der Waals surface area contributed by atoms with Gasteiger partial charge in [-0.25, -0.2) is 23.1 Å². The Morgan fingerprint density at radius 3 is 2.50 bits per heavy atom. The second-order valence-electron chi connectivity index (χ2n) is 11.6. The van der Waals surface area contributed by atoms with E-state index in [1.54, 1.807) is 20.0 Å². The summed E-state index contributed by atoms with van der Waals surface area (Å²) in [6.07, 6.45) is 0.863. The molecule has 0 bridgehead atoms. The van der Waals surface area contributed by atoms with Gasteiger partial charge < -0.3 is 10.2 Å². The van der Waals surface area contributed by atoms with E-state index in [0.717, 1.165) is 16.5 Å². The fourth-order valence-corrected chi connectivity index (χ4v) is 7.04. The van der Waals surface area contributed by atoms with Crippen LogP contribution in [0.25, 0.3) is 10.9 Å². The van der Waals surface area contributed by atoms with E-state index in [0.29, 0.717) is 51.9 Å². The molecule has 1 unspecified atom stereocenters. The molecule has 4 atom stereocenters. The summed E-state index contributed by atoms with van der Waals surface area (Å²) in [7, 11) is -2.18. The topological polar surface area (TPSA) is 144 Å². The Kier molecular flexibility index (Phi) is 6.52. The molecule has 1 aliphatic carbocycles. The van der Waals surface area contributed by atoms with Gasteiger partial charge in [0.15, 0.2) is 5.69 Å². The van der Waals surface area contributed by atoms with Crippen LogP contribution in [0.4, 0.5) is 11.6 Å². The number of pyridine rings is 1. The second-order valence-corrected chi connectivity index (χ2v) is 14.1. The third-order valence-electron chi connectivity index (χ3n) is 8.38. The molecule has 1 aliphatic heterocycles. The summed E-state index contributed by atoms with van der Waals surface area (Å²) in [6.45, 7) is 4.09. The molecule has 3 aromatic heterocycles. The fraction of sp³-hybridized carbons (Fsp3) is 0.414. The van der Waals surface area contributed by atoms with Crippen molar-refractivity contribution in [1.82, 2.24) is 29.0 Å². The molecular weight excluding hydrogens is 627 g/mol. The van der Waals surface area contributed by atoms with E-state index in [2.05, 4.69) is 15.4 Å². The van der Waals surface area contributed by atoms with Gasteiger partial charge in [-0.3, -0.25) is 18.8 Å². The standard InChI is InChI=1S/C29H32Cl2N8O4S/c1-13-9-16(14(2)32-20-7-8-21(30)33-25(20)27(40)36-44(6,42)43)24-17(10-13)28(41)37(4)29(34-24)39-11-18-19(12-39)22(18)26-23(31)15(3)38(5)35-26/h7-10,14,18-19,22,32H,11-12H2,1-6H3,(H,36,40)/t14-,18-,19+,22?/m1/s1/i5D3. The number of rotatable bonds is 7. The number of hydrogen-bond acceptors (Lipinski definition) is 9. The molecule has 12 nitrogen and oxygen atoms in total. The van der Waals surface area contributed by atoms with Crippen LogP contribution in [0.2, 0.25) is 10.2 Å². The van der Waals surface area contributed by atoms with Crippen molar-refractivity contribution in [2.45, 2.75) is 32.7 Å². The van der Waals surface area contributed by atoms with E-state index in [9.17, 15) is 18.0 Å². The average molecular weight is 663 g/mol. The summed E-state index contributed by atoms with van der Waals surface area (Å²) in [5, 5.41) is 8.39. The number of benzene rings is 1. The molecule has 2 fully saturated rings. The zero-order valence-electron chi connectivity index (χ0n) is 27.5. The molecule has 1 amide bonds. The Balaban J connectivity index is 1.31. The Hall–Kier alpha value is -3.68. The molecule has 15 heteroatoms. The van der Waals surface area contributed by atoms with Gasteiger partial charge >= 0.3 is 0 Å². The number of aromatic nitrogens is 5. The number of aryl methyl sites for hydroxylation is 2. The number of anilines is 2. The quantitative estimate of drug-likeness (QED) is 0.283. The number of amides is 1. The number of nitrogens with zero attached hydrogens (tertiary/aromatic N) is 6. The first kappa shape index (κ1) is 26.7. The Labute approximate surface area is 268 Å². The minimum absolute atomic E-state index is 0.00611. The van der Waals surface area contributed by atoms with Crippen molar-refractivity contribution >= 4 is 61.7 Å². The van der Waals surface area contributed by atoms with E-state index >= 15 is 0 Å².